The number of allylic oxidation sites excluding steroid dienone is 1. The van der Waals surface area contributed by atoms with E-state index in [1.54, 1.807) is 0 Å². The van der Waals surface area contributed by atoms with E-state index in [0.29, 0.717) is 12.2 Å². The van der Waals surface area contributed by atoms with Gasteiger partial charge in [0.05, 0.1) is 0 Å². The first-order chi connectivity index (χ1) is 9.62. The van der Waals surface area contributed by atoms with Crippen molar-refractivity contribution in [1.29, 1.82) is 0 Å². The number of esters is 1. The molecule has 1 rings (SSSR count). The molecule has 1 aromatic rings. The maximum atomic E-state index is 12.2. The Morgan fingerprint density at radius 1 is 1.35 bits per heavy atom. The van der Waals surface area contributed by atoms with Gasteiger partial charge in [0.2, 0.25) is 0 Å². The van der Waals surface area contributed by atoms with Gasteiger partial charge in [-0.3, -0.25) is 4.79 Å². The third-order valence-corrected chi connectivity index (χ3v) is 4.08. The third-order valence-electron chi connectivity index (χ3n) is 2.74. The lowest BCUT2D eigenvalue weighted by Crippen LogP contribution is -2.32. The molecule has 0 aliphatic heterocycles. The average Bonchev–Trinajstić information content (AvgIpc) is 2.46. The lowest BCUT2D eigenvalue weighted by atomic mass is 10.1. The summed E-state index contributed by atoms with van der Waals surface area (Å²) < 4.78 is 4.63. The van der Waals surface area contributed by atoms with Gasteiger partial charge in [0.25, 0.3) is 0 Å². The van der Waals surface area contributed by atoms with Crippen LogP contribution < -0.4 is 0 Å². The van der Waals surface area contributed by atoms with Gasteiger partial charge in [-0.2, -0.15) is 0 Å². The fourth-order valence-electron chi connectivity index (χ4n) is 1.68. The van der Waals surface area contributed by atoms with Crippen LogP contribution in [0.2, 0.25) is 0 Å². The summed E-state index contributed by atoms with van der Waals surface area (Å²) in [6.07, 6.45) is 4.94. The summed E-state index contributed by atoms with van der Waals surface area (Å²) in [6.45, 7) is 3.94. The second-order valence-corrected chi connectivity index (χ2v) is 6.02. The molecule has 0 aliphatic rings. The van der Waals surface area contributed by atoms with E-state index in [4.69, 9.17) is 4.74 Å². The highest BCUT2D eigenvalue weighted by Gasteiger charge is 2.32. The number of carbonyl (C=O) groups excluding carboxylic acids is 2. The number of hydrogen-bond acceptors (Lipinski definition) is 4. The Labute approximate surface area is 124 Å². The first-order valence-corrected chi connectivity index (χ1v) is 7.53. The van der Waals surface area contributed by atoms with Crippen LogP contribution in [0.3, 0.4) is 0 Å². The number of benzene rings is 1. The van der Waals surface area contributed by atoms with Crippen molar-refractivity contribution in [3.05, 3.63) is 48.0 Å². The summed E-state index contributed by atoms with van der Waals surface area (Å²) >= 11 is 1.42. The minimum atomic E-state index is -0.744. The van der Waals surface area contributed by atoms with Gasteiger partial charge in [0, 0.05) is 12.2 Å². The SMILES string of the molecule is CC=C[C@@](C)(SCCC=O)C(=O)OCc1ccccc1. The second kappa shape index (κ2) is 8.59. The Kier molecular flexibility index (Phi) is 7.09. The standard InChI is InChI=1S/C16H20O3S/c1-3-10-16(2,20-12-7-11-17)15(18)19-13-14-8-5-4-6-9-14/h3-6,8-11H,7,12-13H2,1-2H3/t16-/m1/s1. The number of carbonyl (C=O) groups is 2. The van der Waals surface area contributed by atoms with E-state index in [1.807, 2.05) is 56.3 Å². The molecule has 0 N–H and O–H groups in total. The normalized spacial score (nSPS) is 13.9. The molecule has 0 saturated carbocycles. The molecule has 0 saturated heterocycles. The van der Waals surface area contributed by atoms with E-state index in [0.717, 1.165) is 11.8 Å². The molecular formula is C16H20O3S. The smallest absolute Gasteiger partial charge is 0.326 e. The average molecular weight is 292 g/mol. The summed E-state index contributed by atoms with van der Waals surface area (Å²) in [5.41, 5.74) is 0.960. The van der Waals surface area contributed by atoms with Crippen LogP contribution in [0.15, 0.2) is 42.5 Å². The number of rotatable bonds is 8. The van der Waals surface area contributed by atoms with Gasteiger partial charge < -0.3 is 9.53 Å². The quantitative estimate of drug-likeness (QED) is 0.319. The van der Waals surface area contributed by atoms with E-state index in [1.165, 1.54) is 11.8 Å². The molecule has 0 spiro atoms. The predicted molar refractivity (Wildman–Crippen MR) is 82.6 cm³/mol. The van der Waals surface area contributed by atoms with Crippen LogP contribution in [0.1, 0.15) is 25.8 Å². The van der Waals surface area contributed by atoms with Crippen molar-refractivity contribution in [2.24, 2.45) is 0 Å². The van der Waals surface area contributed by atoms with Crippen molar-refractivity contribution in [2.75, 3.05) is 5.75 Å². The van der Waals surface area contributed by atoms with Crippen molar-refractivity contribution in [1.82, 2.24) is 0 Å². The molecular weight excluding hydrogens is 272 g/mol. The fraction of sp³-hybridized carbons (Fsp3) is 0.375. The van der Waals surface area contributed by atoms with Crippen LogP contribution in [-0.2, 0) is 20.9 Å². The van der Waals surface area contributed by atoms with E-state index in [-0.39, 0.29) is 12.6 Å². The largest absolute Gasteiger partial charge is 0.460 e. The summed E-state index contributed by atoms with van der Waals surface area (Å²) in [5.74, 6) is 0.320. The molecule has 0 fully saturated rings. The van der Waals surface area contributed by atoms with Crippen molar-refractivity contribution < 1.29 is 14.3 Å². The summed E-state index contributed by atoms with van der Waals surface area (Å²) in [6, 6.07) is 9.57. The zero-order valence-electron chi connectivity index (χ0n) is 11.9. The minimum Gasteiger partial charge on any atom is -0.460 e. The van der Waals surface area contributed by atoms with Crippen molar-refractivity contribution in [3.63, 3.8) is 0 Å². The molecule has 0 bridgehead atoms. The molecule has 0 heterocycles. The topological polar surface area (TPSA) is 43.4 Å². The van der Waals surface area contributed by atoms with Crippen LogP contribution in [0.25, 0.3) is 0 Å². The molecule has 0 amide bonds. The van der Waals surface area contributed by atoms with Gasteiger partial charge in [-0.1, -0.05) is 42.5 Å². The molecule has 1 atom stereocenters. The summed E-state index contributed by atoms with van der Waals surface area (Å²) in [4.78, 5) is 22.6. The molecule has 20 heavy (non-hydrogen) atoms. The lowest BCUT2D eigenvalue weighted by molar-refractivity contribution is -0.146. The molecule has 4 heteroatoms. The molecule has 0 aliphatic carbocycles. The zero-order valence-corrected chi connectivity index (χ0v) is 12.7. The maximum Gasteiger partial charge on any atom is 0.326 e. The van der Waals surface area contributed by atoms with Crippen molar-refractivity contribution >= 4 is 24.0 Å². The second-order valence-electron chi connectivity index (χ2n) is 4.47. The van der Waals surface area contributed by atoms with Gasteiger partial charge in [0.1, 0.15) is 17.6 Å². The maximum absolute atomic E-state index is 12.2. The highest BCUT2D eigenvalue weighted by molar-refractivity contribution is 8.01. The first-order valence-electron chi connectivity index (χ1n) is 6.55. The van der Waals surface area contributed by atoms with Crippen LogP contribution in [0.5, 0.6) is 0 Å². The van der Waals surface area contributed by atoms with E-state index >= 15 is 0 Å². The number of hydrogen-bond donors (Lipinski definition) is 0. The van der Waals surface area contributed by atoms with E-state index in [9.17, 15) is 9.59 Å². The van der Waals surface area contributed by atoms with Gasteiger partial charge in [-0.05, 0) is 19.4 Å². The highest BCUT2D eigenvalue weighted by Crippen LogP contribution is 2.29. The monoisotopic (exact) mass is 292 g/mol. The molecule has 0 radical (unpaired) electrons. The number of ether oxygens (including phenoxy) is 1. The van der Waals surface area contributed by atoms with Crippen molar-refractivity contribution in [2.45, 2.75) is 31.6 Å². The molecule has 1 aromatic carbocycles. The van der Waals surface area contributed by atoms with Gasteiger partial charge >= 0.3 is 5.97 Å². The van der Waals surface area contributed by atoms with Crippen molar-refractivity contribution in [3.8, 4) is 0 Å². The van der Waals surface area contributed by atoms with Crippen LogP contribution >= 0.6 is 11.8 Å². The fourth-order valence-corrected chi connectivity index (χ4v) is 2.73. The Morgan fingerprint density at radius 3 is 2.65 bits per heavy atom. The third kappa shape index (κ3) is 5.21. The Balaban J connectivity index is 2.61. The Morgan fingerprint density at radius 2 is 2.05 bits per heavy atom. The molecule has 3 nitrogen and oxygen atoms in total. The molecule has 108 valence electrons. The van der Waals surface area contributed by atoms with Gasteiger partial charge in [-0.25, -0.2) is 0 Å². The first kappa shape index (κ1) is 16.5. The number of aldehydes is 1. The van der Waals surface area contributed by atoms with Gasteiger partial charge in [0.15, 0.2) is 0 Å². The molecule has 0 aromatic heterocycles. The van der Waals surface area contributed by atoms with Crippen LogP contribution in [0, 0.1) is 0 Å². The summed E-state index contributed by atoms with van der Waals surface area (Å²) in [5, 5.41) is 0. The summed E-state index contributed by atoms with van der Waals surface area (Å²) in [7, 11) is 0. The minimum absolute atomic E-state index is 0.265. The van der Waals surface area contributed by atoms with E-state index in [2.05, 4.69) is 0 Å². The Bertz CT molecular complexity index is 456. The molecule has 0 unspecified atom stereocenters. The van der Waals surface area contributed by atoms with Crippen LogP contribution in [0.4, 0.5) is 0 Å². The zero-order chi connectivity index (χ0) is 14.8. The lowest BCUT2D eigenvalue weighted by Gasteiger charge is -2.23. The van der Waals surface area contributed by atoms with Crippen LogP contribution in [-0.4, -0.2) is 22.8 Å². The Hall–Kier alpha value is -1.55. The van der Waals surface area contributed by atoms with E-state index < -0.39 is 4.75 Å². The predicted octanol–water partition coefficient (Wildman–Crippen LogP) is 3.39. The van der Waals surface area contributed by atoms with Gasteiger partial charge in [-0.15, -0.1) is 11.8 Å². The number of thioether (sulfide) groups is 1. The highest BCUT2D eigenvalue weighted by atomic mass is 32.2.